The summed E-state index contributed by atoms with van der Waals surface area (Å²) in [6.07, 6.45) is 4.55. The topological polar surface area (TPSA) is 141 Å². The zero-order chi connectivity index (χ0) is 24.5. The van der Waals surface area contributed by atoms with Crippen LogP contribution < -0.4 is 15.7 Å². The van der Waals surface area contributed by atoms with E-state index in [0.29, 0.717) is 25.7 Å². The lowest BCUT2D eigenvalue weighted by Crippen LogP contribution is -2.36. The number of carbonyl (C=O) groups is 1. The van der Waals surface area contributed by atoms with Crippen molar-refractivity contribution in [1.29, 1.82) is 0 Å². The van der Waals surface area contributed by atoms with E-state index in [1.807, 2.05) is 18.3 Å². The summed E-state index contributed by atoms with van der Waals surface area (Å²) in [5.41, 5.74) is 4.64. The van der Waals surface area contributed by atoms with Gasteiger partial charge in [0.05, 0.1) is 47.4 Å². The fourth-order valence-electron chi connectivity index (χ4n) is 4.26. The highest BCUT2D eigenvalue weighted by molar-refractivity contribution is 7.19. The van der Waals surface area contributed by atoms with Crippen molar-refractivity contribution in [1.82, 2.24) is 30.6 Å². The first kappa shape index (κ1) is 22.3. The van der Waals surface area contributed by atoms with Crippen LogP contribution in [0.15, 0.2) is 48.9 Å². The maximum absolute atomic E-state index is 11.5. The molecule has 0 spiro atoms. The number of morpholine rings is 1. The van der Waals surface area contributed by atoms with Crippen molar-refractivity contribution < 1.29 is 14.7 Å². The Kier molecular flexibility index (Phi) is 5.89. The number of benzene rings is 1. The molecule has 1 saturated heterocycles. The number of thiophene rings is 1. The van der Waals surface area contributed by atoms with Crippen LogP contribution in [0, 0.1) is 0 Å². The van der Waals surface area contributed by atoms with Crippen LogP contribution in [0.4, 0.5) is 11.8 Å². The number of rotatable bonds is 6. The minimum atomic E-state index is -0.656. The predicted octanol–water partition coefficient (Wildman–Crippen LogP) is 3.20. The first-order valence-corrected chi connectivity index (χ1v) is 12.2. The van der Waals surface area contributed by atoms with Crippen LogP contribution in [0.3, 0.4) is 0 Å². The molecule has 0 atom stereocenters. The van der Waals surface area contributed by atoms with E-state index in [0.717, 1.165) is 56.0 Å². The largest absolute Gasteiger partial charge is 0.378 e. The van der Waals surface area contributed by atoms with Crippen LogP contribution in [0.1, 0.15) is 15.2 Å². The quantitative estimate of drug-likeness (QED) is 0.203. The van der Waals surface area contributed by atoms with E-state index in [1.54, 1.807) is 16.8 Å². The molecule has 0 aliphatic carbocycles. The summed E-state index contributed by atoms with van der Waals surface area (Å²) in [5.74, 6) is 0.690. The molecule has 1 aliphatic rings. The Morgan fingerprint density at radius 1 is 1.17 bits per heavy atom. The van der Waals surface area contributed by atoms with Crippen LogP contribution in [0.2, 0.25) is 0 Å². The Bertz CT molecular complexity index is 1540. The van der Waals surface area contributed by atoms with Crippen molar-refractivity contribution in [3.63, 3.8) is 0 Å². The summed E-state index contributed by atoms with van der Waals surface area (Å²) in [6, 6.07) is 10.4. The number of pyridine rings is 1. The van der Waals surface area contributed by atoms with E-state index in [2.05, 4.69) is 48.6 Å². The molecule has 0 saturated carbocycles. The molecule has 5 heterocycles. The number of nitrogens with zero attached hydrogens (tertiary/aromatic N) is 5. The molecular formula is C24H22N8O3S. The van der Waals surface area contributed by atoms with Gasteiger partial charge in [0.25, 0.3) is 5.91 Å². The molecule has 36 heavy (non-hydrogen) atoms. The smallest absolute Gasteiger partial charge is 0.277 e. The number of fused-ring (bicyclic) bond motifs is 2. The van der Waals surface area contributed by atoms with Crippen molar-refractivity contribution in [3.8, 4) is 11.3 Å². The Hall–Kier alpha value is -4.13. The summed E-state index contributed by atoms with van der Waals surface area (Å²) in [7, 11) is 0. The summed E-state index contributed by atoms with van der Waals surface area (Å²) < 4.78 is 6.70. The van der Waals surface area contributed by atoms with Gasteiger partial charge in [-0.15, -0.1) is 11.3 Å². The monoisotopic (exact) mass is 502 g/mol. The Balaban J connectivity index is 1.35. The summed E-state index contributed by atoms with van der Waals surface area (Å²) in [6.45, 7) is 3.43. The number of aromatic amines is 1. The van der Waals surface area contributed by atoms with Gasteiger partial charge in [-0.05, 0) is 23.6 Å². The van der Waals surface area contributed by atoms with E-state index in [1.165, 1.54) is 12.4 Å². The van der Waals surface area contributed by atoms with Gasteiger partial charge in [0.1, 0.15) is 5.82 Å². The molecule has 0 radical (unpaired) electrons. The molecule has 12 heteroatoms. The van der Waals surface area contributed by atoms with Gasteiger partial charge in [-0.3, -0.25) is 15.1 Å². The summed E-state index contributed by atoms with van der Waals surface area (Å²) >= 11 is 1.68. The predicted molar refractivity (Wildman–Crippen MR) is 136 cm³/mol. The number of ether oxygens (including phenoxy) is 1. The van der Waals surface area contributed by atoms with E-state index in [4.69, 9.17) is 14.9 Å². The first-order chi connectivity index (χ1) is 17.7. The second kappa shape index (κ2) is 9.49. The minimum absolute atomic E-state index is 0.173. The molecule has 6 rings (SSSR count). The zero-order valence-electron chi connectivity index (χ0n) is 19.1. The van der Waals surface area contributed by atoms with Gasteiger partial charge in [-0.2, -0.15) is 5.10 Å². The number of carbonyl (C=O) groups excluding carboxylic acids is 1. The third kappa shape index (κ3) is 4.21. The average molecular weight is 503 g/mol. The number of amides is 1. The molecule has 1 fully saturated rings. The van der Waals surface area contributed by atoms with Crippen LogP contribution in [-0.4, -0.2) is 62.6 Å². The number of nitrogens with one attached hydrogen (secondary N) is 3. The molecule has 0 bridgehead atoms. The SMILES string of the molecule is O=C(NO)c1cnc(NCc2cc3cc(-c4cccc5[nH]ncc45)nc(N4CCOCC4)c3s2)nc1. The van der Waals surface area contributed by atoms with Gasteiger partial charge in [0.15, 0.2) is 0 Å². The van der Waals surface area contributed by atoms with E-state index >= 15 is 0 Å². The maximum atomic E-state index is 11.5. The zero-order valence-corrected chi connectivity index (χ0v) is 19.9. The molecular weight excluding hydrogens is 480 g/mol. The number of hydroxylamine groups is 1. The Morgan fingerprint density at radius 2 is 2.00 bits per heavy atom. The lowest BCUT2D eigenvalue weighted by atomic mass is 10.1. The van der Waals surface area contributed by atoms with Crippen LogP contribution >= 0.6 is 11.3 Å². The van der Waals surface area contributed by atoms with E-state index in [-0.39, 0.29) is 5.56 Å². The molecule has 4 N–H and O–H groups in total. The number of aromatic nitrogens is 5. The average Bonchev–Trinajstić information content (AvgIpc) is 3.58. The van der Waals surface area contributed by atoms with Gasteiger partial charge in [-0.1, -0.05) is 12.1 Å². The molecule has 182 valence electrons. The van der Waals surface area contributed by atoms with E-state index < -0.39 is 5.91 Å². The molecule has 4 aromatic heterocycles. The minimum Gasteiger partial charge on any atom is -0.378 e. The van der Waals surface area contributed by atoms with Gasteiger partial charge in [0.2, 0.25) is 5.95 Å². The lowest BCUT2D eigenvalue weighted by molar-refractivity contribution is 0.0705. The van der Waals surface area contributed by atoms with Crippen molar-refractivity contribution in [3.05, 3.63) is 59.4 Å². The van der Waals surface area contributed by atoms with Crippen molar-refractivity contribution in [2.45, 2.75) is 6.54 Å². The fourth-order valence-corrected chi connectivity index (χ4v) is 5.35. The summed E-state index contributed by atoms with van der Waals surface area (Å²) in [4.78, 5) is 28.3. The standard InChI is InChI=1S/C24H22N8O3S/c33-23(31-34)15-10-25-24(26-11-15)27-12-16-8-14-9-20(17-2-1-3-19-18(17)13-28-30-19)29-22(21(14)36-16)32-4-6-35-7-5-32/h1-3,8-11,13,34H,4-7,12H2,(H,28,30)(H,31,33)(H,25,26,27). The van der Waals surface area contributed by atoms with Gasteiger partial charge in [-0.25, -0.2) is 20.4 Å². The lowest BCUT2D eigenvalue weighted by Gasteiger charge is -2.28. The van der Waals surface area contributed by atoms with Gasteiger partial charge >= 0.3 is 0 Å². The molecule has 1 aromatic carbocycles. The van der Waals surface area contributed by atoms with Crippen LogP contribution in [0.25, 0.3) is 32.2 Å². The molecule has 0 unspecified atom stereocenters. The highest BCUT2D eigenvalue weighted by Crippen LogP contribution is 2.38. The maximum Gasteiger partial charge on any atom is 0.277 e. The highest BCUT2D eigenvalue weighted by Gasteiger charge is 2.20. The number of H-pyrrole nitrogens is 1. The fraction of sp³-hybridized carbons (Fsp3) is 0.208. The molecule has 1 amide bonds. The number of hydrogen-bond donors (Lipinski definition) is 4. The second-order valence-electron chi connectivity index (χ2n) is 8.29. The first-order valence-electron chi connectivity index (χ1n) is 11.4. The van der Waals surface area contributed by atoms with Gasteiger partial charge in [0, 0.05) is 41.3 Å². The van der Waals surface area contributed by atoms with Crippen molar-refractivity contribution in [2.24, 2.45) is 0 Å². The molecule has 5 aromatic rings. The van der Waals surface area contributed by atoms with E-state index in [9.17, 15) is 4.79 Å². The van der Waals surface area contributed by atoms with Crippen molar-refractivity contribution in [2.75, 3.05) is 36.5 Å². The Morgan fingerprint density at radius 3 is 2.81 bits per heavy atom. The number of anilines is 2. The van der Waals surface area contributed by atoms with Crippen molar-refractivity contribution >= 4 is 50.0 Å². The van der Waals surface area contributed by atoms with Crippen LogP contribution in [-0.2, 0) is 11.3 Å². The molecule has 11 nitrogen and oxygen atoms in total. The van der Waals surface area contributed by atoms with Gasteiger partial charge < -0.3 is 15.0 Å². The Labute approximate surface area is 209 Å². The second-order valence-corrected chi connectivity index (χ2v) is 9.42. The summed E-state index contributed by atoms with van der Waals surface area (Å²) in [5, 5.41) is 21.3. The third-order valence-electron chi connectivity index (χ3n) is 6.04. The number of hydrogen-bond acceptors (Lipinski definition) is 10. The normalized spacial score (nSPS) is 13.9. The molecule has 1 aliphatic heterocycles. The van der Waals surface area contributed by atoms with Crippen LogP contribution in [0.5, 0.6) is 0 Å². The third-order valence-corrected chi connectivity index (χ3v) is 7.19. The highest BCUT2D eigenvalue weighted by atomic mass is 32.1.